The molecule has 3 heterocycles. The number of nitrogens with one attached hydrogen (secondary N) is 1. The lowest BCUT2D eigenvalue weighted by molar-refractivity contribution is 0.353. The zero-order valence-electron chi connectivity index (χ0n) is 16.7. The van der Waals surface area contributed by atoms with Crippen LogP contribution in [-0.4, -0.2) is 71.2 Å². The van der Waals surface area contributed by atoms with Crippen molar-refractivity contribution < 1.29 is 8.42 Å². The highest BCUT2D eigenvalue weighted by Crippen LogP contribution is 2.23. The van der Waals surface area contributed by atoms with Crippen LogP contribution in [0.3, 0.4) is 0 Å². The molecule has 1 fully saturated rings. The summed E-state index contributed by atoms with van der Waals surface area (Å²) in [4.78, 5) is 6.39. The number of guanidine groups is 1. The molecule has 1 aromatic heterocycles. The normalized spacial score (nSPS) is 22.2. The number of aromatic nitrogens is 3. The fraction of sp³-hybridized carbons (Fsp3) is 0.833. The molecule has 2 aliphatic rings. The lowest BCUT2D eigenvalue weighted by atomic mass is 10.2. The van der Waals surface area contributed by atoms with E-state index >= 15 is 0 Å². The van der Waals surface area contributed by atoms with Gasteiger partial charge in [0, 0.05) is 46.1 Å². The van der Waals surface area contributed by atoms with Crippen molar-refractivity contribution in [3.63, 3.8) is 0 Å². The van der Waals surface area contributed by atoms with Crippen molar-refractivity contribution in [1.29, 1.82) is 0 Å². The van der Waals surface area contributed by atoms with Gasteiger partial charge in [0.05, 0.1) is 10.5 Å². The Labute approximate surface area is 162 Å². The molecular weight excluding hydrogens is 364 g/mol. The van der Waals surface area contributed by atoms with Gasteiger partial charge in [-0.05, 0) is 33.1 Å². The second-order valence-electron chi connectivity index (χ2n) is 8.07. The van der Waals surface area contributed by atoms with Gasteiger partial charge in [-0.1, -0.05) is 6.42 Å². The third kappa shape index (κ3) is 4.44. The Morgan fingerprint density at radius 1 is 1.22 bits per heavy atom. The number of aliphatic imine (C=N–C) groups is 1. The number of aryl methyl sites for hydroxylation is 2. The van der Waals surface area contributed by atoms with Gasteiger partial charge >= 0.3 is 0 Å². The van der Waals surface area contributed by atoms with Crippen molar-refractivity contribution >= 4 is 15.8 Å². The van der Waals surface area contributed by atoms with Gasteiger partial charge in [0.25, 0.3) is 0 Å². The molecule has 0 spiro atoms. The number of hydrogen-bond donors (Lipinski definition) is 1. The van der Waals surface area contributed by atoms with Gasteiger partial charge in [-0.25, -0.2) is 8.42 Å². The van der Waals surface area contributed by atoms with E-state index in [0.717, 1.165) is 50.0 Å². The van der Waals surface area contributed by atoms with Crippen molar-refractivity contribution in [3.8, 4) is 0 Å². The molecule has 0 radical (unpaired) electrons. The summed E-state index contributed by atoms with van der Waals surface area (Å²) in [5.41, 5.74) is 0. The van der Waals surface area contributed by atoms with E-state index in [1.54, 1.807) is 20.9 Å². The third-order valence-electron chi connectivity index (χ3n) is 5.60. The molecule has 1 saturated heterocycles. The van der Waals surface area contributed by atoms with Crippen molar-refractivity contribution in [2.45, 2.75) is 63.7 Å². The highest BCUT2D eigenvalue weighted by molar-refractivity contribution is 7.92. The van der Waals surface area contributed by atoms with Crippen molar-refractivity contribution in [2.75, 3.05) is 32.4 Å². The summed E-state index contributed by atoms with van der Waals surface area (Å²) in [6, 6.07) is 0. The molecule has 0 saturated carbocycles. The van der Waals surface area contributed by atoms with Crippen molar-refractivity contribution in [1.82, 2.24) is 25.0 Å². The van der Waals surface area contributed by atoms with E-state index < -0.39 is 14.6 Å². The minimum absolute atomic E-state index is 0.173. The van der Waals surface area contributed by atoms with Crippen molar-refractivity contribution in [3.05, 3.63) is 11.6 Å². The van der Waals surface area contributed by atoms with E-state index in [0.29, 0.717) is 13.1 Å². The summed E-state index contributed by atoms with van der Waals surface area (Å²) >= 11 is 0. The van der Waals surface area contributed by atoms with Gasteiger partial charge in [0.2, 0.25) is 0 Å². The van der Waals surface area contributed by atoms with Crippen LogP contribution in [0.4, 0.5) is 0 Å². The quantitative estimate of drug-likeness (QED) is 0.464. The second-order valence-corrected chi connectivity index (χ2v) is 10.8. The van der Waals surface area contributed by atoms with Crippen LogP contribution in [-0.2, 0) is 29.2 Å². The molecule has 0 atom stereocenters. The van der Waals surface area contributed by atoms with E-state index in [9.17, 15) is 8.42 Å². The Kier molecular flexibility index (Phi) is 6.08. The molecule has 2 aliphatic heterocycles. The van der Waals surface area contributed by atoms with Crippen LogP contribution < -0.4 is 5.32 Å². The van der Waals surface area contributed by atoms with Gasteiger partial charge < -0.3 is 14.8 Å². The van der Waals surface area contributed by atoms with Gasteiger partial charge in [-0.2, -0.15) is 0 Å². The zero-order chi connectivity index (χ0) is 19.5. The SMILES string of the molecule is CN=C(NCCCc1nnc2n1CCCCC2)N1CCS(=O)(=O)C(C)(C)C1. The first-order chi connectivity index (χ1) is 12.8. The molecule has 0 unspecified atom stereocenters. The Hall–Kier alpha value is -1.64. The standard InChI is InChI=1S/C18H32N6O2S/c1-18(2)14-23(12-13-27(18,25)26)17(19-3)20-10-7-9-16-22-21-15-8-5-4-6-11-24(15)16/h4-14H2,1-3H3,(H,19,20). The molecule has 3 rings (SSSR count). The largest absolute Gasteiger partial charge is 0.356 e. The van der Waals surface area contributed by atoms with Gasteiger partial charge in [-0.3, -0.25) is 4.99 Å². The first kappa shape index (κ1) is 20.1. The van der Waals surface area contributed by atoms with E-state index in [-0.39, 0.29) is 5.75 Å². The highest BCUT2D eigenvalue weighted by Gasteiger charge is 2.40. The number of hydrogen-bond acceptors (Lipinski definition) is 5. The molecule has 0 aromatic carbocycles. The zero-order valence-corrected chi connectivity index (χ0v) is 17.6. The topological polar surface area (TPSA) is 92.5 Å². The molecule has 27 heavy (non-hydrogen) atoms. The maximum Gasteiger partial charge on any atom is 0.193 e. The van der Waals surface area contributed by atoms with E-state index in [2.05, 4.69) is 25.1 Å². The minimum atomic E-state index is -3.04. The number of sulfone groups is 1. The monoisotopic (exact) mass is 396 g/mol. The maximum absolute atomic E-state index is 12.2. The molecule has 9 heteroatoms. The fourth-order valence-electron chi connectivity index (χ4n) is 3.83. The van der Waals surface area contributed by atoms with Crippen LogP contribution in [0.25, 0.3) is 0 Å². The van der Waals surface area contributed by atoms with Crippen LogP contribution in [0.15, 0.2) is 4.99 Å². The molecule has 0 aliphatic carbocycles. The first-order valence-corrected chi connectivity index (χ1v) is 11.6. The fourth-order valence-corrected chi connectivity index (χ4v) is 5.20. The highest BCUT2D eigenvalue weighted by atomic mass is 32.2. The van der Waals surface area contributed by atoms with E-state index in [4.69, 9.17) is 0 Å². The molecule has 152 valence electrons. The Morgan fingerprint density at radius 2 is 2.04 bits per heavy atom. The predicted octanol–water partition coefficient (Wildman–Crippen LogP) is 1.02. The summed E-state index contributed by atoms with van der Waals surface area (Å²) in [5, 5.41) is 12.1. The van der Waals surface area contributed by atoms with E-state index in [1.807, 2.05) is 4.90 Å². The second kappa shape index (κ2) is 8.16. The maximum atomic E-state index is 12.2. The molecule has 1 N–H and O–H groups in total. The van der Waals surface area contributed by atoms with Crippen molar-refractivity contribution in [2.24, 2.45) is 4.99 Å². The summed E-state index contributed by atoms with van der Waals surface area (Å²) < 4.78 is 25.9. The average Bonchev–Trinajstić information content (AvgIpc) is 2.84. The smallest absolute Gasteiger partial charge is 0.193 e. The number of rotatable bonds is 4. The van der Waals surface area contributed by atoms with Crippen LogP contribution >= 0.6 is 0 Å². The minimum Gasteiger partial charge on any atom is -0.356 e. The van der Waals surface area contributed by atoms with Gasteiger partial charge in [-0.15, -0.1) is 10.2 Å². The summed E-state index contributed by atoms with van der Waals surface area (Å²) in [7, 11) is -1.30. The van der Waals surface area contributed by atoms with Crippen LogP contribution in [0.1, 0.15) is 51.2 Å². The molecule has 0 bridgehead atoms. The number of fused-ring (bicyclic) bond motifs is 1. The Morgan fingerprint density at radius 3 is 2.78 bits per heavy atom. The van der Waals surface area contributed by atoms with E-state index in [1.165, 1.54) is 19.3 Å². The summed E-state index contributed by atoms with van der Waals surface area (Å²) in [6.45, 7) is 6.34. The van der Waals surface area contributed by atoms with Crippen LogP contribution in [0, 0.1) is 0 Å². The Balaban J connectivity index is 1.51. The van der Waals surface area contributed by atoms with Gasteiger partial charge in [0.15, 0.2) is 15.8 Å². The lowest BCUT2D eigenvalue weighted by Crippen LogP contribution is -2.57. The molecule has 8 nitrogen and oxygen atoms in total. The molecule has 0 amide bonds. The molecule has 1 aromatic rings. The summed E-state index contributed by atoms with van der Waals surface area (Å²) in [6.07, 6.45) is 6.53. The predicted molar refractivity (Wildman–Crippen MR) is 107 cm³/mol. The summed E-state index contributed by atoms with van der Waals surface area (Å²) in [5.74, 6) is 3.15. The lowest BCUT2D eigenvalue weighted by Gasteiger charge is -2.39. The Bertz CT molecular complexity index is 784. The third-order valence-corrected chi connectivity index (χ3v) is 8.13. The number of nitrogens with zero attached hydrogens (tertiary/aromatic N) is 5. The molecular formula is C18H32N6O2S. The van der Waals surface area contributed by atoms with Gasteiger partial charge in [0.1, 0.15) is 11.6 Å². The van der Waals surface area contributed by atoms with Crippen LogP contribution in [0.5, 0.6) is 0 Å². The van der Waals surface area contributed by atoms with Crippen LogP contribution in [0.2, 0.25) is 0 Å². The average molecular weight is 397 g/mol. The first-order valence-electron chi connectivity index (χ1n) is 9.93.